The van der Waals surface area contributed by atoms with Crippen molar-refractivity contribution in [2.24, 2.45) is 0 Å². The molecule has 0 aromatic rings. The number of carbonyl (C=O) groups excluding carboxylic acids is 2. The molecule has 0 N–H and O–H groups in total. The lowest BCUT2D eigenvalue weighted by molar-refractivity contribution is -0.123. The van der Waals surface area contributed by atoms with Gasteiger partial charge < -0.3 is 4.74 Å². The zero-order chi connectivity index (χ0) is 13.3. The van der Waals surface area contributed by atoms with Gasteiger partial charge in [0.15, 0.2) is 5.78 Å². The molecular formula is C13H21NO3. The van der Waals surface area contributed by atoms with Crippen molar-refractivity contribution < 1.29 is 14.3 Å². The standard InChI is InChI=1S/C13H21NO3/c1-6-10(15)13(5)8-7-9-14(13)11(16)17-12(2,3)4/h6H,1,7-9H2,2-5H3/t13-/m0/s1. The van der Waals surface area contributed by atoms with E-state index in [0.29, 0.717) is 13.0 Å². The average molecular weight is 239 g/mol. The molecule has 1 fully saturated rings. The van der Waals surface area contributed by atoms with E-state index < -0.39 is 17.2 Å². The van der Waals surface area contributed by atoms with Crippen LogP contribution in [0.25, 0.3) is 0 Å². The van der Waals surface area contributed by atoms with Gasteiger partial charge >= 0.3 is 6.09 Å². The lowest BCUT2D eigenvalue weighted by atomic mass is 9.93. The molecule has 4 nitrogen and oxygen atoms in total. The van der Waals surface area contributed by atoms with Crippen molar-refractivity contribution in [2.45, 2.75) is 51.7 Å². The monoisotopic (exact) mass is 239 g/mol. The van der Waals surface area contributed by atoms with E-state index in [4.69, 9.17) is 4.74 Å². The summed E-state index contributed by atoms with van der Waals surface area (Å²) in [6, 6.07) is 0. The molecule has 1 aliphatic rings. The van der Waals surface area contributed by atoms with Gasteiger partial charge in [-0.3, -0.25) is 9.69 Å². The molecule has 1 atom stereocenters. The first kappa shape index (κ1) is 13.7. The highest BCUT2D eigenvalue weighted by Crippen LogP contribution is 2.31. The molecule has 1 aliphatic heterocycles. The van der Waals surface area contributed by atoms with Gasteiger partial charge in [-0.25, -0.2) is 4.79 Å². The van der Waals surface area contributed by atoms with Crippen LogP contribution in [0.15, 0.2) is 12.7 Å². The molecular weight excluding hydrogens is 218 g/mol. The second kappa shape index (κ2) is 4.51. The van der Waals surface area contributed by atoms with E-state index in [0.717, 1.165) is 6.42 Å². The van der Waals surface area contributed by atoms with Gasteiger partial charge in [0.2, 0.25) is 0 Å². The average Bonchev–Trinajstić information content (AvgIpc) is 2.58. The Morgan fingerprint density at radius 1 is 1.41 bits per heavy atom. The van der Waals surface area contributed by atoms with Crippen LogP contribution in [0, 0.1) is 0 Å². The van der Waals surface area contributed by atoms with Crippen molar-refractivity contribution in [1.29, 1.82) is 0 Å². The van der Waals surface area contributed by atoms with Crippen molar-refractivity contribution >= 4 is 11.9 Å². The minimum atomic E-state index is -0.788. The molecule has 1 amide bonds. The molecule has 1 saturated heterocycles. The summed E-state index contributed by atoms with van der Waals surface area (Å²) in [5.74, 6) is -0.124. The maximum Gasteiger partial charge on any atom is 0.411 e. The Labute approximate surface area is 103 Å². The van der Waals surface area contributed by atoms with E-state index in [1.54, 1.807) is 6.92 Å². The highest BCUT2D eigenvalue weighted by Gasteiger charge is 2.45. The number of ether oxygens (including phenoxy) is 1. The molecule has 96 valence electrons. The zero-order valence-electron chi connectivity index (χ0n) is 11.1. The van der Waals surface area contributed by atoms with Crippen LogP contribution in [0.1, 0.15) is 40.5 Å². The van der Waals surface area contributed by atoms with E-state index in [2.05, 4.69) is 6.58 Å². The Balaban J connectivity index is 2.86. The van der Waals surface area contributed by atoms with Crippen molar-refractivity contribution in [2.75, 3.05) is 6.54 Å². The molecule has 17 heavy (non-hydrogen) atoms. The molecule has 1 heterocycles. The van der Waals surface area contributed by atoms with Crippen LogP contribution in [0.4, 0.5) is 4.79 Å². The molecule has 4 heteroatoms. The van der Waals surface area contributed by atoms with Crippen molar-refractivity contribution in [3.8, 4) is 0 Å². The van der Waals surface area contributed by atoms with Crippen LogP contribution < -0.4 is 0 Å². The summed E-state index contributed by atoms with van der Waals surface area (Å²) in [4.78, 5) is 25.4. The highest BCUT2D eigenvalue weighted by atomic mass is 16.6. The van der Waals surface area contributed by atoms with E-state index in [9.17, 15) is 9.59 Å². The summed E-state index contributed by atoms with van der Waals surface area (Å²) in [5.41, 5.74) is -1.33. The summed E-state index contributed by atoms with van der Waals surface area (Å²) < 4.78 is 5.31. The Morgan fingerprint density at radius 3 is 2.47 bits per heavy atom. The maximum atomic E-state index is 12.0. The molecule has 0 radical (unpaired) electrons. The highest BCUT2D eigenvalue weighted by molar-refractivity contribution is 5.99. The van der Waals surface area contributed by atoms with Gasteiger partial charge in [-0.05, 0) is 46.6 Å². The van der Waals surface area contributed by atoms with Crippen LogP contribution in [0.5, 0.6) is 0 Å². The van der Waals surface area contributed by atoms with Crippen LogP contribution in [0.3, 0.4) is 0 Å². The number of rotatable bonds is 2. The third kappa shape index (κ3) is 2.87. The second-order valence-electron chi connectivity index (χ2n) is 5.58. The first-order valence-electron chi connectivity index (χ1n) is 5.88. The summed E-state index contributed by atoms with van der Waals surface area (Å²) in [6.07, 6.45) is 2.34. The topological polar surface area (TPSA) is 46.6 Å². The molecule has 1 rings (SSSR count). The predicted octanol–water partition coefficient (Wildman–Crippen LogP) is 2.53. The predicted molar refractivity (Wildman–Crippen MR) is 65.8 cm³/mol. The molecule has 0 unspecified atom stereocenters. The Hall–Kier alpha value is -1.32. The fraction of sp³-hybridized carbons (Fsp3) is 0.692. The molecule has 0 saturated carbocycles. The summed E-state index contributed by atoms with van der Waals surface area (Å²) in [6.45, 7) is 11.3. The number of nitrogens with zero attached hydrogens (tertiary/aromatic N) is 1. The normalized spacial score (nSPS) is 24.6. The van der Waals surface area contributed by atoms with E-state index in [1.807, 2.05) is 20.8 Å². The summed E-state index contributed by atoms with van der Waals surface area (Å²) >= 11 is 0. The number of hydrogen-bond acceptors (Lipinski definition) is 3. The molecule has 0 spiro atoms. The molecule has 0 aromatic carbocycles. The largest absolute Gasteiger partial charge is 0.444 e. The van der Waals surface area contributed by atoms with E-state index in [1.165, 1.54) is 11.0 Å². The maximum absolute atomic E-state index is 12.0. The van der Waals surface area contributed by atoms with Gasteiger partial charge in [-0.1, -0.05) is 6.58 Å². The lowest BCUT2D eigenvalue weighted by Gasteiger charge is -2.34. The van der Waals surface area contributed by atoms with Crippen molar-refractivity contribution in [3.63, 3.8) is 0 Å². The van der Waals surface area contributed by atoms with Crippen molar-refractivity contribution in [3.05, 3.63) is 12.7 Å². The molecule has 0 aromatic heterocycles. The first-order chi connectivity index (χ1) is 7.70. The van der Waals surface area contributed by atoms with Gasteiger partial charge in [0.1, 0.15) is 11.1 Å². The van der Waals surface area contributed by atoms with E-state index in [-0.39, 0.29) is 5.78 Å². The number of ketones is 1. The van der Waals surface area contributed by atoms with E-state index >= 15 is 0 Å². The number of amides is 1. The van der Waals surface area contributed by atoms with Crippen LogP contribution in [0.2, 0.25) is 0 Å². The lowest BCUT2D eigenvalue weighted by Crippen LogP contribution is -2.51. The Kier molecular flexibility index (Phi) is 3.65. The van der Waals surface area contributed by atoms with Crippen LogP contribution in [-0.4, -0.2) is 34.5 Å². The van der Waals surface area contributed by atoms with Gasteiger partial charge in [0.25, 0.3) is 0 Å². The fourth-order valence-corrected chi connectivity index (χ4v) is 2.05. The SMILES string of the molecule is C=CC(=O)[C@]1(C)CCCN1C(=O)OC(C)(C)C. The van der Waals surface area contributed by atoms with Crippen LogP contribution in [-0.2, 0) is 9.53 Å². The number of hydrogen-bond donors (Lipinski definition) is 0. The second-order valence-corrected chi connectivity index (χ2v) is 5.58. The fourth-order valence-electron chi connectivity index (χ4n) is 2.05. The Bertz CT molecular complexity index is 343. The smallest absolute Gasteiger partial charge is 0.411 e. The molecule has 0 bridgehead atoms. The summed E-state index contributed by atoms with van der Waals surface area (Å²) in [7, 11) is 0. The minimum Gasteiger partial charge on any atom is -0.444 e. The van der Waals surface area contributed by atoms with Gasteiger partial charge in [0.05, 0.1) is 0 Å². The third-order valence-corrected chi connectivity index (χ3v) is 2.97. The Morgan fingerprint density at radius 2 is 2.00 bits per heavy atom. The van der Waals surface area contributed by atoms with Gasteiger partial charge in [0, 0.05) is 6.54 Å². The summed E-state index contributed by atoms with van der Waals surface area (Å²) in [5, 5.41) is 0. The zero-order valence-corrected chi connectivity index (χ0v) is 11.1. The third-order valence-electron chi connectivity index (χ3n) is 2.97. The number of likely N-dealkylation sites (tertiary alicyclic amines) is 1. The first-order valence-corrected chi connectivity index (χ1v) is 5.88. The van der Waals surface area contributed by atoms with Gasteiger partial charge in [-0.15, -0.1) is 0 Å². The molecule has 0 aliphatic carbocycles. The van der Waals surface area contributed by atoms with Crippen molar-refractivity contribution in [1.82, 2.24) is 4.90 Å². The van der Waals surface area contributed by atoms with Crippen LogP contribution >= 0.6 is 0 Å². The minimum absolute atomic E-state index is 0.124. The van der Waals surface area contributed by atoms with Gasteiger partial charge in [-0.2, -0.15) is 0 Å². The quantitative estimate of drug-likeness (QED) is 0.696. The number of carbonyl (C=O) groups is 2.